The molecule has 7 nitrogen and oxygen atoms in total. The molecule has 1 amide bonds. The van der Waals surface area contributed by atoms with Crippen molar-refractivity contribution >= 4 is 23.4 Å². The summed E-state index contributed by atoms with van der Waals surface area (Å²) in [4.78, 5) is 22.3. The number of likely N-dealkylation sites (N-methyl/N-ethyl adjacent to an activating group) is 1. The lowest BCUT2D eigenvalue weighted by Gasteiger charge is -2.35. The first-order valence-electron chi connectivity index (χ1n) is 9.25. The van der Waals surface area contributed by atoms with Crippen molar-refractivity contribution in [2.45, 2.75) is 25.9 Å². The molecule has 2 N–H and O–H groups in total. The van der Waals surface area contributed by atoms with Crippen LogP contribution in [0.25, 0.3) is 0 Å². The Balaban J connectivity index is 1.31. The third-order valence-corrected chi connectivity index (χ3v) is 5.08. The van der Waals surface area contributed by atoms with Gasteiger partial charge in [0.2, 0.25) is 11.9 Å². The lowest BCUT2D eigenvalue weighted by molar-refractivity contribution is -0.115. The Kier molecular flexibility index (Phi) is 4.93. The van der Waals surface area contributed by atoms with Crippen LogP contribution in [-0.2, 0) is 4.79 Å². The van der Waals surface area contributed by atoms with Crippen molar-refractivity contribution in [3.63, 3.8) is 0 Å². The molecular weight excluding hydrogens is 387 g/mol. The Morgan fingerprint density at radius 2 is 1.93 bits per heavy atom. The molecule has 0 unspecified atom stereocenters. The third-order valence-electron chi connectivity index (χ3n) is 5.08. The standard InChI is InChI=1S/C19H20F3N5O2/c1-9-17-18(27(2)8-15(28)25-17)26-19(24-9)23-7-10-3-11(4-10)29-12-5-13(20)16(22)14(21)6-12/h5-6,10-11H,3-4,7-8H2,1-2H3,(H,25,28)(H,23,24,26). The van der Waals surface area contributed by atoms with Crippen molar-refractivity contribution in [3.8, 4) is 5.75 Å². The minimum atomic E-state index is -1.50. The molecule has 29 heavy (non-hydrogen) atoms. The Morgan fingerprint density at radius 1 is 1.24 bits per heavy atom. The SMILES string of the molecule is Cc1nc(NCC2CC(Oc3cc(F)c(F)c(F)c3)C2)nc2c1NC(=O)CN2C. The highest BCUT2D eigenvalue weighted by molar-refractivity contribution is 6.00. The van der Waals surface area contributed by atoms with Crippen LogP contribution >= 0.6 is 0 Å². The van der Waals surface area contributed by atoms with E-state index >= 15 is 0 Å². The highest BCUT2D eigenvalue weighted by Crippen LogP contribution is 2.33. The summed E-state index contributed by atoms with van der Waals surface area (Å²) in [6.45, 7) is 2.65. The van der Waals surface area contributed by atoms with Crippen LogP contribution in [0.1, 0.15) is 18.5 Å². The fourth-order valence-electron chi connectivity index (χ4n) is 3.49. The maximum atomic E-state index is 13.3. The summed E-state index contributed by atoms with van der Waals surface area (Å²) in [6.07, 6.45) is 1.19. The molecule has 1 saturated carbocycles. The van der Waals surface area contributed by atoms with Crippen molar-refractivity contribution < 1.29 is 22.7 Å². The highest BCUT2D eigenvalue weighted by Gasteiger charge is 2.31. The van der Waals surface area contributed by atoms with Gasteiger partial charge in [0.15, 0.2) is 23.3 Å². The zero-order chi connectivity index (χ0) is 20.7. The summed E-state index contributed by atoms with van der Waals surface area (Å²) in [5.74, 6) is -2.74. The summed E-state index contributed by atoms with van der Waals surface area (Å²) in [6, 6.07) is 1.70. The molecule has 1 aliphatic heterocycles. The lowest BCUT2D eigenvalue weighted by Crippen LogP contribution is -2.38. The number of aromatic nitrogens is 2. The van der Waals surface area contributed by atoms with Crippen LogP contribution in [0.15, 0.2) is 12.1 Å². The summed E-state index contributed by atoms with van der Waals surface area (Å²) < 4.78 is 45.0. The van der Waals surface area contributed by atoms with Gasteiger partial charge in [0.25, 0.3) is 0 Å². The monoisotopic (exact) mass is 407 g/mol. The number of ether oxygens (including phenoxy) is 1. The Labute approximate surface area is 165 Å². The maximum absolute atomic E-state index is 13.3. The molecule has 154 valence electrons. The average Bonchev–Trinajstić information content (AvgIpc) is 2.62. The quantitative estimate of drug-likeness (QED) is 0.742. The van der Waals surface area contributed by atoms with Crippen molar-refractivity contribution in [1.82, 2.24) is 9.97 Å². The molecule has 0 radical (unpaired) electrons. The summed E-state index contributed by atoms with van der Waals surface area (Å²) in [5.41, 5.74) is 1.29. The van der Waals surface area contributed by atoms with Crippen molar-refractivity contribution in [3.05, 3.63) is 35.3 Å². The first-order chi connectivity index (χ1) is 13.8. The second-order valence-corrected chi connectivity index (χ2v) is 7.39. The number of halogens is 3. The number of carbonyl (C=O) groups excluding carboxylic acids is 1. The number of amides is 1. The van der Waals surface area contributed by atoms with E-state index in [0.717, 1.165) is 12.1 Å². The molecular formula is C19H20F3N5O2. The van der Waals surface area contributed by atoms with E-state index in [1.165, 1.54) is 0 Å². The number of rotatable bonds is 5. The minimum Gasteiger partial charge on any atom is -0.490 e. The van der Waals surface area contributed by atoms with Gasteiger partial charge < -0.3 is 20.3 Å². The Morgan fingerprint density at radius 3 is 2.62 bits per heavy atom. The van der Waals surface area contributed by atoms with E-state index in [4.69, 9.17) is 4.74 Å². The van der Waals surface area contributed by atoms with Crippen LogP contribution in [0, 0.1) is 30.3 Å². The fraction of sp³-hybridized carbons (Fsp3) is 0.421. The summed E-state index contributed by atoms with van der Waals surface area (Å²) in [5, 5.41) is 5.98. The van der Waals surface area contributed by atoms with Crippen LogP contribution in [0.3, 0.4) is 0 Å². The number of nitrogens with zero attached hydrogens (tertiary/aromatic N) is 3. The molecule has 2 heterocycles. The maximum Gasteiger partial charge on any atom is 0.244 e. The van der Waals surface area contributed by atoms with Crippen molar-refractivity contribution in [1.29, 1.82) is 0 Å². The van der Waals surface area contributed by atoms with Gasteiger partial charge in [0, 0.05) is 25.7 Å². The molecule has 0 saturated heterocycles. The topological polar surface area (TPSA) is 79.4 Å². The number of fused-ring (bicyclic) bond motifs is 1. The van der Waals surface area contributed by atoms with Gasteiger partial charge in [-0.1, -0.05) is 0 Å². The van der Waals surface area contributed by atoms with E-state index in [1.54, 1.807) is 18.9 Å². The molecule has 1 aromatic heterocycles. The van der Waals surface area contributed by atoms with Gasteiger partial charge in [0.1, 0.15) is 11.4 Å². The number of hydrogen-bond acceptors (Lipinski definition) is 6. The van der Waals surface area contributed by atoms with Gasteiger partial charge in [-0.3, -0.25) is 4.79 Å². The first kappa shape index (κ1) is 19.3. The zero-order valence-corrected chi connectivity index (χ0v) is 15.9. The molecule has 10 heteroatoms. The second-order valence-electron chi connectivity index (χ2n) is 7.39. The number of hydrogen-bond donors (Lipinski definition) is 2. The van der Waals surface area contributed by atoms with E-state index in [9.17, 15) is 18.0 Å². The number of aryl methyl sites for hydroxylation is 1. The zero-order valence-electron chi connectivity index (χ0n) is 15.9. The van der Waals surface area contributed by atoms with Crippen LogP contribution in [-0.4, -0.2) is 42.1 Å². The van der Waals surface area contributed by atoms with Gasteiger partial charge in [-0.2, -0.15) is 4.98 Å². The van der Waals surface area contributed by atoms with E-state index in [2.05, 4.69) is 20.6 Å². The average molecular weight is 407 g/mol. The van der Waals surface area contributed by atoms with Crippen LogP contribution in [0.5, 0.6) is 5.75 Å². The predicted octanol–water partition coefficient (Wildman–Crippen LogP) is 2.86. The minimum absolute atomic E-state index is 0.0171. The molecule has 0 bridgehead atoms. The number of benzene rings is 1. The molecule has 1 aromatic carbocycles. The molecule has 0 atom stereocenters. The molecule has 0 spiro atoms. The highest BCUT2D eigenvalue weighted by atomic mass is 19.2. The largest absolute Gasteiger partial charge is 0.490 e. The Hall–Kier alpha value is -3.04. The van der Waals surface area contributed by atoms with Gasteiger partial charge >= 0.3 is 0 Å². The van der Waals surface area contributed by atoms with E-state index in [1.807, 2.05) is 0 Å². The lowest BCUT2D eigenvalue weighted by atomic mass is 9.82. The van der Waals surface area contributed by atoms with Gasteiger partial charge in [-0.15, -0.1) is 0 Å². The second kappa shape index (κ2) is 7.41. The molecule has 2 aliphatic rings. The molecule has 4 rings (SSSR count). The summed E-state index contributed by atoms with van der Waals surface area (Å²) in [7, 11) is 1.79. The smallest absolute Gasteiger partial charge is 0.244 e. The van der Waals surface area contributed by atoms with Crippen LogP contribution in [0.2, 0.25) is 0 Å². The van der Waals surface area contributed by atoms with Gasteiger partial charge in [-0.05, 0) is 25.7 Å². The van der Waals surface area contributed by atoms with E-state index < -0.39 is 17.5 Å². The van der Waals surface area contributed by atoms with Crippen LogP contribution in [0.4, 0.5) is 30.6 Å². The van der Waals surface area contributed by atoms with E-state index in [-0.39, 0.29) is 30.2 Å². The Bertz CT molecular complexity index is 942. The molecule has 2 aromatic rings. The first-order valence-corrected chi connectivity index (χ1v) is 9.25. The summed E-state index contributed by atoms with van der Waals surface area (Å²) >= 11 is 0. The van der Waals surface area contributed by atoms with Crippen molar-refractivity contribution in [2.24, 2.45) is 5.92 Å². The number of carbonyl (C=O) groups is 1. The van der Waals surface area contributed by atoms with Crippen molar-refractivity contribution in [2.75, 3.05) is 35.7 Å². The van der Waals surface area contributed by atoms with Crippen LogP contribution < -0.4 is 20.3 Å². The normalized spacial score (nSPS) is 20.6. The third kappa shape index (κ3) is 3.92. The predicted molar refractivity (Wildman–Crippen MR) is 101 cm³/mol. The molecule has 1 fully saturated rings. The number of anilines is 3. The van der Waals surface area contributed by atoms with E-state index in [0.29, 0.717) is 42.5 Å². The van der Waals surface area contributed by atoms with Gasteiger partial charge in [0.05, 0.1) is 18.3 Å². The fourth-order valence-corrected chi connectivity index (χ4v) is 3.49. The molecule has 1 aliphatic carbocycles. The number of nitrogens with one attached hydrogen (secondary N) is 2. The van der Waals surface area contributed by atoms with Gasteiger partial charge in [-0.25, -0.2) is 18.2 Å².